The second kappa shape index (κ2) is 8.88. The topological polar surface area (TPSA) is 73.8 Å². The maximum Gasteiger partial charge on any atom is 0.243 e. The van der Waals surface area contributed by atoms with Crippen molar-refractivity contribution >= 4 is 17.3 Å². The number of hydrogen-bond donors (Lipinski definition) is 3. The van der Waals surface area contributed by atoms with Gasteiger partial charge in [-0.1, -0.05) is 31.2 Å². The molecule has 0 aromatic heterocycles. The van der Waals surface area contributed by atoms with Gasteiger partial charge in [-0.15, -0.1) is 0 Å². The van der Waals surface area contributed by atoms with E-state index in [2.05, 4.69) is 10.6 Å². The van der Waals surface area contributed by atoms with Gasteiger partial charge in [-0.3, -0.25) is 10.1 Å². The van der Waals surface area contributed by atoms with Crippen LogP contribution in [0.1, 0.15) is 18.9 Å². The summed E-state index contributed by atoms with van der Waals surface area (Å²) in [6, 6.07) is 15.3. The average molecular weight is 369 g/mol. The maximum atomic E-state index is 12.6. The lowest BCUT2D eigenvalue weighted by atomic mass is 10.1. The van der Waals surface area contributed by atoms with E-state index >= 15 is 0 Å². The van der Waals surface area contributed by atoms with Gasteiger partial charge in [0.25, 0.3) is 0 Å². The van der Waals surface area contributed by atoms with Crippen LogP contribution in [0, 0.1) is 6.92 Å². The van der Waals surface area contributed by atoms with Crippen LogP contribution in [0.15, 0.2) is 48.5 Å². The van der Waals surface area contributed by atoms with Gasteiger partial charge in [-0.25, -0.2) is 0 Å². The summed E-state index contributed by atoms with van der Waals surface area (Å²) < 4.78 is 5.95. The number of fused-ring (bicyclic) bond motifs is 1. The third-order valence-electron chi connectivity index (χ3n) is 4.48. The number of hydrogen-bond acceptors (Lipinski definition) is 5. The quantitative estimate of drug-likeness (QED) is 0.654. The van der Waals surface area contributed by atoms with Gasteiger partial charge >= 0.3 is 0 Å². The van der Waals surface area contributed by atoms with Crippen molar-refractivity contribution in [3.05, 3.63) is 54.1 Å². The summed E-state index contributed by atoms with van der Waals surface area (Å²) in [5, 5.41) is 16.4. The number of rotatable bonds is 7. The number of benzene rings is 2. The van der Waals surface area contributed by atoms with Crippen molar-refractivity contribution in [1.82, 2.24) is 5.32 Å². The number of nitrogens with one attached hydrogen (secondary N) is 2. The summed E-state index contributed by atoms with van der Waals surface area (Å²) >= 11 is 0. The molecule has 1 aliphatic rings. The number of carbonyl (C=O) groups excluding carboxylic acids is 1. The number of amides is 1. The van der Waals surface area contributed by atoms with E-state index in [4.69, 9.17) is 4.74 Å². The molecule has 0 saturated heterocycles. The Bertz CT molecular complexity index is 781. The Labute approximate surface area is 160 Å². The van der Waals surface area contributed by atoms with Crippen LogP contribution in [-0.4, -0.2) is 43.0 Å². The fourth-order valence-electron chi connectivity index (χ4n) is 3.17. The Morgan fingerprint density at radius 2 is 2.11 bits per heavy atom. The lowest BCUT2D eigenvalue weighted by molar-refractivity contribution is -0.115. The minimum Gasteiger partial charge on any atom is -0.482 e. The van der Waals surface area contributed by atoms with Gasteiger partial charge in [0.2, 0.25) is 5.91 Å². The van der Waals surface area contributed by atoms with Crippen molar-refractivity contribution in [2.75, 3.05) is 29.9 Å². The third kappa shape index (κ3) is 4.99. The van der Waals surface area contributed by atoms with Gasteiger partial charge in [0, 0.05) is 5.69 Å². The van der Waals surface area contributed by atoms with E-state index in [0.717, 1.165) is 23.4 Å². The van der Waals surface area contributed by atoms with Crippen LogP contribution in [0.5, 0.6) is 5.75 Å². The second-order valence-corrected chi connectivity index (χ2v) is 6.82. The number of nitrogens with zero attached hydrogens (tertiary/aromatic N) is 1. The molecule has 3 N–H and O–H groups in total. The van der Waals surface area contributed by atoms with Crippen molar-refractivity contribution in [3.63, 3.8) is 0 Å². The standard InChI is InChI=1S/C21H27N3O3/c1-3-11-22-21(26)19-13-24(17-9-4-5-10-18(17)27-19)14-20(25)23-16-8-6-7-15(2)12-16/h4-10,12,19,21-22,26H,3,11,13-14H2,1-2H3,(H,23,25). The van der Waals surface area contributed by atoms with E-state index in [1.165, 1.54) is 0 Å². The predicted octanol–water partition coefficient (Wildman–Crippen LogP) is 2.52. The molecule has 144 valence electrons. The van der Waals surface area contributed by atoms with Crippen LogP contribution in [0.4, 0.5) is 11.4 Å². The lowest BCUT2D eigenvalue weighted by Crippen LogP contribution is -2.53. The highest BCUT2D eigenvalue weighted by Crippen LogP contribution is 2.33. The molecular weight excluding hydrogens is 342 g/mol. The fraction of sp³-hybridized carbons (Fsp3) is 0.381. The smallest absolute Gasteiger partial charge is 0.243 e. The molecule has 1 heterocycles. The van der Waals surface area contributed by atoms with E-state index in [1.807, 2.05) is 67.3 Å². The van der Waals surface area contributed by atoms with Gasteiger partial charge in [0.1, 0.15) is 12.0 Å². The molecule has 6 nitrogen and oxygen atoms in total. The van der Waals surface area contributed by atoms with Gasteiger partial charge in [-0.2, -0.15) is 0 Å². The minimum absolute atomic E-state index is 0.105. The Hall–Kier alpha value is -2.57. The van der Waals surface area contributed by atoms with E-state index in [9.17, 15) is 9.90 Å². The number of anilines is 2. The summed E-state index contributed by atoms with van der Waals surface area (Å²) in [6.45, 7) is 5.35. The molecular formula is C21H27N3O3. The minimum atomic E-state index is -0.791. The lowest BCUT2D eigenvalue weighted by Gasteiger charge is -2.37. The largest absolute Gasteiger partial charge is 0.482 e. The van der Waals surface area contributed by atoms with Crippen LogP contribution in [0.25, 0.3) is 0 Å². The molecule has 2 aromatic carbocycles. The Morgan fingerprint density at radius 1 is 1.30 bits per heavy atom. The molecule has 6 heteroatoms. The van der Waals surface area contributed by atoms with E-state index in [-0.39, 0.29) is 12.5 Å². The molecule has 0 fully saturated rings. The Morgan fingerprint density at radius 3 is 2.89 bits per heavy atom. The number of aliphatic hydroxyl groups excluding tert-OH is 1. The van der Waals surface area contributed by atoms with Gasteiger partial charge < -0.3 is 20.1 Å². The number of carbonyl (C=O) groups is 1. The van der Waals surface area contributed by atoms with Gasteiger partial charge in [0.15, 0.2) is 6.10 Å². The summed E-state index contributed by atoms with van der Waals surface area (Å²) in [6.07, 6.45) is -0.318. The molecule has 0 spiro atoms. The molecule has 27 heavy (non-hydrogen) atoms. The van der Waals surface area contributed by atoms with E-state index < -0.39 is 12.3 Å². The maximum absolute atomic E-state index is 12.6. The van der Waals surface area contributed by atoms with Crippen molar-refractivity contribution in [3.8, 4) is 5.75 Å². The molecule has 0 aliphatic carbocycles. The van der Waals surface area contributed by atoms with Crippen LogP contribution >= 0.6 is 0 Å². The highest BCUT2D eigenvalue weighted by Gasteiger charge is 2.31. The normalized spacial score (nSPS) is 17.0. The summed E-state index contributed by atoms with van der Waals surface area (Å²) in [5.74, 6) is 0.571. The Balaban J connectivity index is 1.71. The first-order valence-corrected chi connectivity index (χ1v) is 9.35. The first-order chi connectivity index (χ1) is 13.1. The summed E-state index contributed by atoms with van der Waals surface area (Å²) in [4.78, 5) is 14.5. The third-order valence-corrected chi connectivity index (χ3v) is 4.48. The molecule has 0 radical (unpaired) electrons. The molecule has 0 bridgehead atoms. The molecule has 1 aliphatic heterocycles. The average Bonchev–Trinajstić information content (AvgIpc) is 2.66. The van der Waals surface area contributed by atoms with Crippen molar-refractivity contribution in [1.29, 1.82) is 0 Å². The van der Waals surface area contributed by atoms with Crippen LogP contribution in [0.2, 0.25) is 0 Å². The second-order valence-electron chi connectivity index (χ2n) is 6.82. The number of aryl methyl sites for hydroxylation is 1. The molecule has 2 aromatic rings. The van der Waals surface area contributed by atoms with Gasteiger partial charge in [0.05, 0.1) is 18.8 Å². The monoisotopic (exact) mass is 369 g/mol. The zero-order valence-electron chi connectivity index (χ0n) is 15.8. The Kier molecular flexibility index (Phi) is 6.32. The molecule has 3 rings (SSSR count). The van der Waals surface area contributed by atoms with Crippen LogP contribution in [-0.2, 0) is 4.79 Å². The molecule has 2 atom stereocenters. The zero-order chi connectivity index (χ0) is 19.2. The SMILES string of the molecule is CCCNC(O)C1CN(CC(=O)Nc2cccc(C)c2)c2ccccc2O1. The number of para-hydroxylation sites is 2. The first kappa shape index (κ1) is 19.2. The fourth-order valence-corrected chi connectivity index (χ4v) is 3.17. The molecule has 0 saturated carbocycles. The van der Waals surface area contributed by atoms with Crippen LogP contribution < -0.4 is 20.3 Å². The summed E-state index contributed by atoms with van der Waals surface area (Å²) in [7, 11) is 0. The zero-order valence-corrected chi connectivity index (χ0v) is 15.8. The highest BCUT2D eigenvalue weighted by molar-refractivity contribution is 5.94. The van der Waals surface area contributed by atoms with Crippen LogP contribution in [0.3, 0.4) is 0 Å². The summed E-state index contributed by atoms with van der Waals surface area (Å²) in [5.41, 5.74) is 2.73. The van der Waals surface area contributed by atoms with Crippen molar-refractivity contribution in [2.45, 2.75) is 32.6 Å². The van der Waals surface area contributed by atoms with E-state index in [1.54, 1.807) is 0 Å². The number of aliphatic hydroxyl groups is 1. The predicted molar refractivity (Wildman–Crippen MR) is 107 cm³/mol. The number of ether oxygens (including phenoxy) is 1. The van der Waals surface area contributed by atoms with E-state index in [0.29, 0.717) is 18.8 Å². The van der Waals surface area contributed by atoms with Crippen molar-refractivity contribution < 1.29 is 14.6 Å². The molecule has 1 amide bonds. The first-order valence-electron chi connectivity index (χ1n) is 9.35. The van der Waals surface area contributed by atoms with Crippen molar-refractivity contribution in [2.24, 2.45) is 0 Å². The highest BCUT2D eigenvalue weighted by atomic mass is 16.5. The molecule has 2 unspecified atom stereocenters. The van der Waals surface area contributed by atoms with Gasteiger partial charge in [-0.05, 0) is 49.7 Å².